The second-order valence-corrected chi connectivity index (χ2v) is 5.94. The molecule has 2 atom stereocenters. The number of aliphatic carboxylic acids is 1. The predicted octanol–water partition coefficient (Wildman–Crippen LogP) is 2.89. The van der Waals surface area contributed by atoms with Crippen LogP contribution in [0.2, 0.25) is 5.02 Å². The van der Waals surface area contributed by atoms with E-state index in [1.165, 1.54) is 0 Å². The molecule has 2 rings (SSSR count). The van der Waals surface area contributed by atoms with Crippen molar-refractivity contribution in [3.05, 3.63) is 34.9 Å². The normalized spacial score (nSPS) is 21.8. The summed E-state index contributed by atoms with van der Waals surface area (Å²) in [5.74, 6) is -1.90. The monoisotopic (exact) mass is 309 g/mol. The fourth-order valence-corrected chi connectivity index (χ4v) is 2.98. The van der Waals surface area contributed by atoms with E-state index < -0.39 is 11.9 Å². The molecular weight excluding hydrogens is 290 g/mol. The number of nitrogens with one attached hydrogen (secondary N) is 1. The van der Waals surface area contributed by atoms with Crippen LogP contribution in [0, 0.1) is 11.8 Å². The molecule has 0 aliphatic heterocycles. The molecule has 1 saturated carbocycles. The molecule has 0 saturated heterocycles. The van der Waals surface area contributed by atoms with E-state index in [1.807, 2.05) is 24.3 Å². The van der Waals surface area contributed by atoms with E-state index >= 15 is 0 Å². The lowest BCUT2D eigenvalue weighted by Crippen LogP contribution is -2.40. The molecule has 0 radical (unpaired) electrons. The van der Waals surface area contributed by atoms with E-state index in [4.69, 9.17) is 11.6 Å². The minimum atomic E-state index is -0.854. The van der Waals surface area contributed by atoms with Crippen LogP contribution in [-0.2, 0) is 16.0 Å². The van der Waals surface area contributed by atoms with E-state index in [1.54, 1.807) is 0 Å². The van der Waals surface area contributed by atoms with Gasteiger partial charge in [-0.2, -0.15) is 0 Å². The lowest BCUT2D eigenvalue weighted by molar-refractivity contribution is -0.148. The zero-order chi connectivity index (χ0) is 15.2. The molecule has 2 N–H and O–H groups in total. The fraction of sp³-hybridized carbons (Fsp3) is 0.500. The quantitative estimate of drug-likeness (QED) is 0.879. The first-order valence-corrected chi connectivity index (χ1v) is 7.70. The van der Waals surface area contributed by atoms with Crippen LogP contribution in [0.1, 0.15) is 31.2 Å². The zero-order valence-corrected chi connectivity index (χ0v) is 12.6. The number of benzene rings is 1. The summed E-state index contributed by atoms with van der Waals surface area (Å²) in [5.41, 5.74) is 1.10. The molecular formula is C16H20ClNO3. The van der Waals surface area contributed by atoms with Crippen LogP contribution in [0.3, 0.4) is 0 Å². The molecule has 0 spiro atoms. The van der Waals surface area contributed by atoms with Gasteiger partial charge in [-0.05, 0) is 37.0 Å². The molecule has 21 heavy (non-hydrogen) atoms. The zero-order valence-electron chi connectivity index (χ0n) is 11.8. The highest BCUT2D eigenvalue weighted by molar-refractivity contribution is 6.30. The van der Waals surface area contributed by atoms with Crippen molar-refractivity contribution in [2.45, 2.75) is 32.1 Å². The second kappa shape index (κ2) is 7.46. The third-order valence-electron chi connectivity index (χ3n) is 4.05. The Morgan fingerprint density at radius 2 is 1.76 bits per heavy atom. The summed E-state index contributed by atoms with van der Waals surface area (Å²) < 4.78 is 0. The van der Waals surface area contributed by atoms with Crippen LogP contribution < -0.4 is 5.32 Å². The van der Waals surface area contributed by atoms with Gasteiger partial charge < -0.3 is 10.4 Å². The molecule has 1 fully saturated rings. The number of rotatable bonds is 5. The number of hydrogen-bond acceptors (Lipinski definition) is 2. The maximum atomic E-state index is 12.2. The minimum Gasteiger partial charge on any atom is -0.481 e. The molecule has 0 bridgehead atoms. The van der Waals surface area contributed by atoms with Gasteiger partial charge in [-0.1, -0.05) is 36.6 Å². The summed E-state index contributed by atoms with van der Waals surface area (Å²) in [5, 5.41) is 12.7. The minimum absolute atomic E-state index is 0.129. The number of carbonyl (C=O) groups is 2. The van der Waals surface area contributed by atoms with Crippen LogP contribution in [0.5, 0.6) is 0 Å². The van der Waals surface area contributed by atoms with Crippen LogP contribution in [0.15, 0.2) is 24.3 Å². The SMILES string of the molecule is O=C(O)C1CCCCC1C(=O)NCCc1ccc(Cl)cc1. The first-order valence-electron chi connectivity index (χ1n) is 7.33. The van der Waals surface area contributed by atoms with Gasteiger partial charge in [0.15, 0.2) is 0 Å². The molecule has 2 unspecified atom stereocenters. The standard InChI is InChI=1S/C16H20ClNO3/c17-12-7-5-11(6-8-12)9-10-18-15(19)13-3-1-2-4-14(13)16(20)21/h5-8,13-14H,1-4,9-10H2,(H,18,19)(H,20,21). The highest BCUT2D eigenvalue weighted by Gasteiger charge is 2.35. The molecule has 0 heterocycles. The molecule has 1 aliphatic rings. The topological polar surface area (TPSA) is 66.4 Å². The van der Waals surface area contributed by atoms with Crippen molar-refractivity contribution in [2.75, 3.05) is 6.54 Å². The average molecular weight is 310 g/mol. The Hall–Kier alpha value is -1.55. The largest absolute Gasteiger partial charge is 0.481 e. The van der Waals surface area contributed by atoms with E-state index in [-0.39, 0.29) is 11.8 Å². The number of amides is 1. The molecule has 1 amide bonds. The maximum Gasteiger partial charge on any atom is 0.307 e. The molecule has 114 valence electrons. The van der Waals surface area contributed by atoms with Crippen molar-refractivity contribution >= 4 is 23.5 Å². The van der Waals surface area contributed by atoms with Gasteiger partial charge in [0, 0.05) is 11.6 Å². The summed E-state index contributed by atoms with van der Waals surface area (Å²) in [4.78, 5) is 23.4. The van der Waals surface area contributed by atoms with Gasteiger partial charge >= 0.3 is 5.97 Å². The number of hydrogen-bond donors (Lipinski definition) is 2. The molecule has 0 aromatic heterocycles. The fourth-order valence-electron chi connectivity index (χ4n) is 2.85. The van der Waals surface area contributed by atoms with Gasteiger partial charge in [-0.3, -0.25) is 9.59 Å². The van der Waals surface area contributed by atoms with Gasteiger partial charge in [-0.25, -0.2) is 0 Å². The van der Waals surface area contributed by atoms with Gasteiger partial charge in [0.25, 0.3) is 0 Å². The van der Waals surface area contributed by atoms with Crippen LogP contribution in [0.25, 0.3) is 0 Å². The number of carbonyl (C=O) groups excluding carboxylic acids is 1. The van der Waals surface area contributed by atoms with Gasteiger partial charge in [0.1, 0.15) is 0 Å². The van der Waals surface area contributed by atoms with Crippen molar-refractivity contribution in [1.29, 1.82) is 0 Å². The Labute approximate surface area is 129 Å². The van der Waals surface area contributed by atoms with Crippen molar-refractivity contribution in [2.24, 2.45) is 11.8 Å². The Morgan fingerprint density at radius 3 is 2.38 bits per heavy atom. The molecule has 1 aliphatic carbocycles. The van der Waals surface area contributed by atoms with Crippen LogP contribution in [-0.4, -0.2) is 23.5 Å². The number of carboxylic acid groups (broad SMARTS) is 1. The predicted molar refractivity (Wildman–Crippen MR) is 81.2 cm³/mol. The Bertz CT molecular complexity index is 501. The van der Waals surface area contributed by atoms with Crippen molar-refractivity contribution in [1.82, 2.24) is 5.32 Å². The van der Waals surface area contributed by atoms with E-state index in [9.17, 15) is 14.7 Å². The maximum absolute atomic E-state index is 12.2. The number of halogens is 1. The first-order chi connectivity index (χ1) is 10.1. The summed E-state index contributed by atoms with van der Waals surface area (Å²) in [7, 11) is 0. The van der Waals surface area contributed by atoms with E-state index in [0.29, 0.717) is 30.8 Å². The second-order valence-electron chi connectivity index (χ2n) is 5.50. The molecule has 5 heteroatoms. The summed E-state index contributed by atoms with van der Waals surface area (Å²) in [6.07, 6.45) is 3.81. The average Bonchev–Trinajstić information content (AvgIpc) is 2.49. The van der Waals surface area contributed by atoms with Crippen LogP contribution in [0.4, 0.5) is 0 Å². The van der Waals surface area contributed by atoms with Crippen molar-refractivity contribution < 1.29 is 14.7 Å². The van der Waals surface area contributed by atoms with Crippen LogP contribution >= 0.6 is 11.6 Å². The van der Waals surface area contributed by atoms with Crippen molar-refractivity contribution in [3.63, 3.8) is 0 Å². The van der Waals surface area contributed by atoms with E-state index in [2.05, 4.69) is 5.32 Å². The van der Waals surface area contributed by atoms with Gasteiger partial charge in [0.2, 0.25) is 5.91 Å². The highest BCUT2D eigenvalue weighted by atomic mass is 35.5. The van der Waals surface area contributed by atoms with Crippen molar-refractivity contribution in [3.8, 4) is 0 Å². The molecule has 1 aromatic rings. The molecule has 1 aromatic carbocycles. The van der Waals surface area contributed by atoms with Gasteiger partial charge in [0.05, 0.1) is 11.8 Å². The van der Waals surface area contributed by atoms with E-state index in [0.717, 1.165) is 18.4 Å². The van der Waals surface area contributed by atoms with Gasteiger partial charge in [-0.15, -0.1) is 0 Å². The lowest BCUT2D eigenvalue weighted by Gasteiger charge is -2.27. The number of carboxylic acids is 1. The first kappa shape index (κ1) is 15.8. The summed E-state index contributed by atoms with van der Waals surface area (Å²) >= 11 is 5.82. The third-order valence-corrected chi connectivity index (χ3v) is 4.30. The lowest BCUT2D eigenvalue weighted by atomic mass is 9.78. The Balaban J connectivity index is 1.83. The smallest absolute Gasteiger partial charge is 0.307 e. The highest BCUT2D eigenvalue weighted by Crippen LogP contribution is 2.30. The molecule has 4 nitrogen and oxygen atoms in total. The Kier molecular flexibility index (Phi) is 5.62. The third kappa shape index (κ3) is 4.46. The summed E-state index contributed by atoms with van der Waals surface area (Å²) in [6.45, 7) is 0.517. The Morgan fingerprint density at radius 1 is 1.14 bits per heavy atom. The summed E-state index contributed by atoms with van der Waals surface area (Å²) in [6, 6.07) is 7.49.